The lowest BCUT2D eigenvalue weighted by Crippen LogP contribution is -2.48. The van der Waals surface area contributed by atoms with Crippen molar-refractivity contribution in [3.63, 3.8) is 0 Å². The molecule has 1 saturated heterocycles. The number of rotatable bonds is 5. The summed E-state index contributed by atoms with van der Waals surface area (Å²) in [7, 11) is 0. The van der Waals surface area contributed by atoms with Crippen molar-refractivity contribution < 1.29 is 14.0 Å². The molecule has 20 heavy (non-hydrogen) atoms. The number of piperazine rings is 1. The molecule has 0 aromatic heterocycles. The fourth-order valence-corrected chi connectivity index (χ4v) is 2.09. The Hall–Kier alpha value is -1.95. The van der Waals surface area contributed by atoms with Crippen molar-refractivity contribution in [2.75, 3.05) is 32.7 Å². The van der Waals surface area contributed by atoms with Gasteiger partial charge in [0.15, 0.2) is 0 Å². The molecule has 0 aliphatic carbocycles. The van der Waals surface area contributed by atoms with Gasteiger partial charge in [-0.25, -0.2) is 4.39 Å². The third-order valence-electron chi connectivity index (χ3n) is 3.33. The van der Waals surface area contributed by atoms with Crippen molar-refractivity contribution in [3.05, 3.63) is 35.6 Å². The van der Waals surface area contributed by atoms with Crippen molar-refractivity contribution in [1.29, 1.82) is 0 Å². The molecule has 0 unspecified atom stereocenters. The topological polar surface area (TPSA) is 52.7 Å². The molecule has 1 aliphatic heterocycles. The minimum atomic E-state index is -0.284. The monoisotopic (exact) mass is 279 g/mol. The second-order valence-corrected chi connectivity index (χ2v) is 4.82. The standard InChI is InChI=1S/C14H18FN3O2/c15-13-3-1-12(2-4-13)9-16-14(20)10-17-5-7-18(11-19)8-6-17/h1-4,11H,5-10H2,(H,16,20). The molecule has 0 atom stereocenters. The molecular formula is C14H18FN3O2. The summed E-state index contributed by atoms with van der Waals surface area (Å²) in [4.78, 5) is 26.1. The van der Waals surface area contributed by atoms with E-state index in [0.717, 1.165) is 12.0 Å². The highest BCUT2D eigenvalue weighted by atomic mass is 19.1. The molecule has 1 heterocycles. The molecule has 0 saturated carbocycles. The minimum Gasteiger partial charge on any atom is -0.351 e. The average molecular weight is 279 g/mol. The van der Waals surface area contributed by atoms with Crippen LogP contribution >= 0.6 is 0 Å². The minimum absolute atomic E-state index is 0.0612. The Labute approximate surface area is 117 Å². The Morgan fingerprint density at radius 2 is 1.85 bits per heavy atom. The van der Waals surface area contributed by atoms with Crippen molar-refractivity contribution in [3.8, 4) is 0 Å². The molecule has 1 aromatic rings. The summed E-state index contributed by atoms with van der Waals surface area (Å²) in [5, 5.41) is 2.80. The van der Waals surface area contributed by atoms with Crippen molar-refractivity contribution >= 4 is 12.3 Å². The van der Waals surface area contributed by atoms with Gasteiger partial charge in [-0.2, -0.15) is 0 Å². The lowest BCUT2D eigenvalue weighted by Gasteiger charge is -2.31. The van der Waals surface area contributed by atoms with Gasteiger partial charge < -0.3 is 10.2 Å². The number of halogens is 1. The number of benzene rings is 1. The highest BCUT2D eigenvalue weighted by molar-refractivity contribution is 5.78. The quantitative estimate of drug-likeness (QED) is 0.784. The van der Waals surface area contributed by atoms with E-state index in [1.54, 1.807) is 17.0 Å². The van der Waals surface area contributed by atoms with E-state index in [1.165, 1.54) is 12.1 Å². The summed E-state index contributed by atoms with van der Waals surface area (Å²) in [5.74, 6) is -0.345. The molecule has 1 aliphatic rings. The predicted octanol–water partition coefficient (Wildman–Crippen LogP) is 0.216. The fourth-order valence-electron chi connectivity index (χ4n) is 2.09. The number of carbonyl (C=O) groups is 2. The van der Waals surface area contributed by atoms with E-state index in [4.69, 9.17) is 0 Å². The van der Waals surface area contributed by atoms with Crippen LogP contribution in [0.1, 0.15) is 5.56 Å². The van der Waals surface area contributed by atoms with Crippen molar-refractivity contribution in [1.82, 2.24) is 15.1 Å². The van der Waals surface area contributed by atoms with Crippen LogP contribution in [0, 0.1) is 5.82 Å². The highest BCUT2D eigenvalue weighted by Gasteiger charge is 2.17. The maximum atomic E-state index is 12.7. The molecule has 1 aromatic carbocycles. The number of hydrogen-bond acceptors (Lipinski definition) is 3. The molecular weight excluding hydrogens is 261 g/mol. The van der Waals surface area contributed by atoms with Crippen molar-refractivity contribution in [2.45, 2.75) is 6.54 Å². The zero-order valence-corrected chi connectivity index (χ0v) is 11.2. The van der Waals surface area contributed by atoms with Crippen LogP contribution in [0.3, 0.4) is 0 Å². The van der Waals surface area contributed by atoms with Gasteiger partial charge in [-0.05, 0) is 17.7 Å². The van der Waals surface area contributed by atoms with Crippen LogP contribution in [-0.2, 0) is 16.1 Å². The van der Waals surface area contributed by atoms with Crippen LogP contribution in [0.25, 0.3) is 0 Å². The molecule has 0 bridgehead atoms. The molecule has 1 fully saturated rings. The van der Waals surface area contributed by atoms with E-state index in [2.05, 4.69) is 5.32 Å². The molecule has 0 radical (unpaired) electrons. The van der Waals surface area contributed by atoms with Gasteiger partial charge >= 0.3 is 0 Å². The number of carbonyl (C=O) groups excluding carboxylic acids is 2. The summed E-state index contributed by atoms with van der Waals surface area (Å²) in [6, 6.07) is 6.05. The molecule has 0 spiro atoms. The number of hydrogen-bond donors (Lipinski definition) is 1. The second kappa shape index (κ2) is 7.00. The fraction of sp³-hybridized carbons (Fsp3) is 0.429. The van der Waals surface area contributed by atoms with Gasteiger partial charge in [-0.15, -0.1) is 0 Å². The number of nitrogens with one attached hydrogen (secondary N) is 1. The lowest BCUT2D eigenvalue weighted by atomic mass is 10.2. The van der Waals surface area contributed by atoms with Gasteiger partial charge in [0, 0.05) is 32.7 Å². The molecule has 6 heteroatoms. The zero-order valence-electron chi connectivity index (χ0n) is 11.2. The van der Waals surface area contributed by atoms with Gasteiger partial charge in [0.1, 0.15) is 5.82 Å². The van der Waals surface area contributed by atoms with E-state index in [1.807, 2.05) is 4.90 Å². The summed E-state index contributed by atoms with van der Waals surface area (Å²) in [5.41, 5.74) is 0.866. The Morgan fingerprint density at radius 1 is 1.20 bits per heavy atom. The van der Waals surface area contributed by atoms with Crippen LogP contribution in [-0.4, -0.2) is 54.8 Å². The summed E-state index contributed by atoms with van der Waals surface area (Å²) >= 11 is 0. The molecule has 108 valence electrons. The molecule has 5 nitrogen and oxygen atoms in total. The van der Waals surface area contributed by atoms with Gasteiger partial charge in [-0.1, -0.05) is 12.1 Å². The Kier molecular flexibility index (Phi) is 5.06. The van der Waals surface area contributed by atoms with Crippen LogP contribution in [0.15, 0.2) is 24.3 Å². The summed E-state index contributed by atoms with van der Waals surface area (Å²) < 4.78 is 12.7. The van der Waals surface area contributed by atoms with Gasteiger partial charge in [0.05, 0.1) is 6.54 Å². The Morgan fingerprint density at radius 3 is 2.45 bits per heavy atom. The lowest BCUT2D eigenvalue weighted by molar-refractivity contribution is -0.123. The maximum absolute atomic E-state index is 12.7. The van der Waals surface area contributed by atoms with Gasteiger partial charge in [-0.3, -0.25) is 14.5 Å². The highest BCUT2D eigenvalue weighted by Crippen LogP contribution is 2.02. The predicted molar refractivity (Wildman–Crippen MR) is 72.3 cm³/mol. The van der Waals surface area contributed by atoms with Crippen molar-refractivity contribution in [2.24, 2.45) is 0 Å². The first-order chi connectivity index (χ1) is 9.67. The number of nitrogens with zero attached hydrogens (tertiary/aromatic N) is 2. The Bertz CT molecular complexity index is 456. The first-order valence-electron chi connectivity index (χ1n) is 6.60. The van der Waals surface area contributed by atoms with Crippen LogP contribution in [0.2, 0.25) is 0 Å². The van der Waals surface area contributed by atoms with E-state index < -0.39 is 0 Å². The summed E-state index contributed by atoms with van der Waals surface area (Å²) in [6.07, 6.45) is 0.839. The smallest absolute Gasteiger partial charge is 0.234 e. The maximum Gasteiger partial charge on any atom is 0.234 e. The normalized spacial score (nSPS) is 15.9. The van der Waals surface area contributed by atoms with Crippen LogP contribution in [0.5, 0.6) is 0 Å². The Balaban J connectivity index is 1.70. The molecule has 2 rings (SSSR count). The molecule has 2 amide bonds. The van der Waals surface area contributed by atoms with Crippen LogP contribution < -0.4 is 5.32 Å². The zero-order chi connectivity index (χ0) is 14.4. The third kappa shape index (κ3) is 4.31. The van der Waals surface area contributed by atoms with E-state index in [-0.39, 0.29) is 11.7 Å². The van der Waals surface area contributed by atoms with Gasteiger partial charge in [0.2, 0.25) is 12.3 Å². The first kappa shape index (κ1) is 14.5. The largest absolute Gasteiger partial charge is 0.351 e. The third-order valence-corrected chi connectivity index (χ3v) is 3.33. The number of amides is 2. The van der Waals surface area contributed by atoms with E-state index in [0.29, 0.717) is 39.3 Å². The van der Waals surface area contributed by atoms with Gasteiger partial charge in [0.25, 0.3) is 0 Å². The molecule has 1 N–H and O–H groups in total. The van der Waals surface area contributed by atoms with E-state index in [9.17, 15) is 14.0 Å². The van der Waals surface area contributed by atoms with Crippen LogP contribution in [0.4, 0.5) is 4.39 Å². The average Bonchev–Trinajstić information content (AvgIpc) is 2.47. The SMILES string of the molecule is O=CN1CCN(CC(=O)NCc2ccc(F)cc2)CC1. The van der Waals surface area contributed by atoms with E-state index >= 15 is 0 Å². The second-order valence-electron chi connectivity index (χ2n) is 4.82. The first-order valence-corrected chi connectivity index (χ1v) is 6.60. The summed E-state index contributed by atoms with van der Waals surface area (Å²) in [6.45, 7) is 3.47.